The number of nitrogens with zero attached hydrogens (tertiary/aromatic N) is 2. The van der Waals surface area contributed by atoms with Crippen molar-refractivity contribution < 1.29 is 0 Å². The molecule has 266 valence electrons. The summed E-state index contributed by atoms with van der Waals surface area (Å²) in [6.45, 7) is 4.78. The standard InChI is InChI=1S/C51H34N2S3/c1-51(2)39-14-6-3-11-31(39)34-25-36-37-26-49-50(56-48-18-10-9-17-47(48)55-49)28-44(37)53(43(36)27-40(34)51)29-19-21-42-35(23-29)32-12-4-7-15-41(32)52(42)30-20-22-46-38(24-30)33-13-5-8-16-45(33)54-46/h3-28,47-48H,1-2H3. The molecule has 0 saturated heterocycles. The molecule has 0 bridgehead atoms. The maximum Gasteiger partial charge on any atom is 0.0553 e. The quantitative estimate of drug-likeness (QED) is 0.173. The molecule has 0 spiro atoms. The van der Waals surface area contributed by atoms with Crippen LogP contribution in [0.4, 0.5) is 0 Å². The molecule has 7 aromatic carbocycles. The second-order valence-electron chi connectivity index (χ2n) is 16.0. The van der Waals surface area contributed by atoms with Gasteiger partial charge in [0.15, 0.2) is 0 Å². The van der Waals surface area contributed by atoms with Crippen LogP contribution in [0, 0.1) is 0 Å². The van der Waals surface area contributed by atoms with Crippen molar-refractivity contribution >= 4 is 98.6 Å². The molecule has 56 heavy (non-hydrogen) atoms. The second kappa shape index (κ2) is 11.3. The molecule has 13 rings (SSSR count). The van der Waals surface area contributed by atoms with Crippen molar-refractivity contribution in [2.24, 2.45) is 0 Å². The lowest BCUT2D eigenvalue weighted by molar-refractivity contribution is 0.661. The number of fused-ring (bicyclic) bond motifs is 14. The number of benzene rings is 7. The molecule has 3 aromatic heterocycles. The minimum Gasteiger partial charge on any atom is -0.309 e. The van der Waals surface area contributed by atoms with Crippen LogP contribution >= 0.6 is 34.9 Å². The van der Waals surface area contributed by atoms with Crippen molar-refractivity contribution in [1.29, 1.82) is 0 Å². The first-order chi connectivity index (χ1) is 27.5. The minimum atomic E-state index is -0.0903. The van der Waals surface area contributed by atoms with Gasteiger partial charge in [0.05, 0.1) is 22.1 Å². The molecule has 5 heteroatoms. The van der Waals surface area contributed by atoms with Gasteiger partial charge < -0.3 is 9.13 Å². The van der Waals surface area contributed by atoms with E-state index in [-0.39, 0.29) is 5.41 Å². The molecule has 3 aliphatic rings. The number of hydrogen-bond donors (Lipinski definition) is 0. The highest BCUT2D eigenvalue weighted by Crippen LogP contribution is 2.53. The summed E-state index contributed by atoms with van der Waals surface area (Å²) in [7, 11) is 0. The molecular weight excluding hydrogens is 737 g/mol. The predicted octanol–water partition coefficient (Wildman–Crippen LogP) is 14.6. The molecule has 0 fully saturated rings. The zero-order chi connectivity index (χ0) is 36.9. The first-order valence-electron chi connectivity index (χ1n) is 19.4. The highest BCUT2D eigenvalue weighted by molar-refractivity contribution is 8.06. The zero-order valence-electron chi connectivity index (χ0n) is 30.8. The lowest BCUT2D eigenvalue weighted by atomic mass is 9.82. The maximum atomic E-state index is 2.56. The Balaban J connectivity index is 1.08. The van der Waals surface area contributed by atoms with Gasteiger partial charge >= 0.3 is 0 Å². The summed E-state index contributed by atoms with van der Waals surface area (Å²) in [5.74, 6) is 0. The molecule has 0 radical (unpaired) electrons. The van der Waals surface area contributed by atoms with Gasteiger partial charge in [0.1, 0.15) is 0 Å². The largest absolute Gasteiger partial charge is 0.309 e. The molecule has 2 unspecified atom stereocenters. The topological polar surface area (TPSA) is 9.86 Å². The Morgan fingerprint density at radius 3 is 1.91 bits per heavy atom. The van der Waals surface area contributed by atoms with E-state index in [1.807, 2.05) is 34.9 Å². The number of para-hydroxylation sites is 1. The summed E-state index contributed by atoms with van der Waals surface area (Å²) in [6, 6.07) is 50.9. The van der Waals surface area contributed by atoms with Gasteiger partial charge in [-0.2, -0.15) is 0 Å². The van der Waals surface area contributed by atoms with Gasteiger partial charge in [-0.3, -0.25) is 0 Å². The summed E-state index contributed by atoms with van der Waals surface area (Å²) >= 11 is 5.91. The molecular formula is C51H34N2S3. The van der Waals surface area contributed by atoms with E-state index >= 15 is 0 Å². The van der Waals surface area contributed by atoms with Gasteiger partial charge in [0.2, 0.25) is 0 Å². The van der Waals surface area contributed by atoms with Crippen molar-refractivity contribution in [1.82, 2.24) is 9.13 Å². The lowest BCUT2D eigenvalue weighted by Gasteiger charge is -2.29. The van der Waals surface area contributed by atoms with E-state index in [4.69, 9.17) is 0 Å². The van der Waals surface area contributed by atoms with Crippen LogP contribution in [-0.2, 0) is 5.41 Å². The molecule has 2 aliphatic carbocycles. The Morgan fingerprint density at radius 2 is 1.05 bits per heavy atom. The van der Waals surface area contributed by atoms with E-state index in [0.29, 0.717) is 10.5 Å². The first-order valence-corrected chi connectivity index (χ1v) is 22.0. The summed E-state index contributed by atoms with van der Waals surface area (Å²) < 4.78 is 7.69. The fourth-order valence-corrected chi connectivity index (χ4v) is 13.8. The van der Waals surface area contributed by atoms with Crippen molar-refractivity contribution in [2.45, 2.75) is 39.6 Å². The van der Waals surface area contributed by atoms with Crippen LogP contribution in [0.1, 0.15) is 25.0 Å². The highest BCUT2D eigenvalue weighted by atomic mass is 32.2. The van der Waals surface area contributed by atoms with Crippen LogP contribution in [-0.4, -0.2) is 19.6 Å². The van der Waals surface area contributed by atoms with Gasteiger partial charge in [0, 0.05) is 78.8 Å². The van der Waals surface area contributed by atoms with Crippen molar-refractivity contribution in [2.75, 3.05) is 0 Å². The van der Waals surface area contributed by atoms with Crippen LogP contribution in [0.3, 0.4) is 0 Å². The van der Waals surface area contributed by atoms with Gasteiger partial charge in [-0.1, -0.05) is 98.8 Å². The van der Waals surface area contributed by atoms with E-state index in [1.165, 1.54) is 107 Å². The average molecular weight is 771 g/mol. The summed E-state index contributed by atoms with van der Waals surface area (Å²) in [5, 5.41) is 8.73. The van der Waals surface area contributed by atoms with Gasteiger partial charge in [0.25, 0.3) is 0 Å². The fourth-order valence-electron chi connectivity index (χ4n) is 9.98. The Labute approximate surface area is 336 Å². The van der Waals surface area contributed by atoms with Crippen LogP contribution in [0.25, 0.3) is 86.3 Å². The third kappa shape index (κ3) is 4.26. The monoisotopic (exact) mass is 770 g/mol. The number of thioether (sulfide) groups is 2. The number of allylic oxidation sites excluding steroid dienone is 2. The summed E-state index contributed by atoms with van der Waals surface area (Å²) in [4.78, 5) is 2.76. The molecule has 1 aliphatic heterocycles. The predicted molar refractivity (Wildman–Crippen MR) is 243 cm³/mol. The SMILES string of the molecule is CC1(C)c2ccccc2-c2cc3c4cc5c(cc4n(-c4ccc6c(c4)c4ccccc4n6-c4ccc6sc7ccccc7c6c4)c3cc21)SC1C=CC=CC1S5. The Morgan fingerprint density at radius 1 is 0.446 bits per heavy atom. The van der Waals surface area contributed by atoms with Gasteiger partial charge in [-0.15, -0.1) is 34.9 Å². The smallest absolute Gasteiger partial charge is 0.0553 e. The lowest BCUT2D eigenvalue weighted by Crippen LogP contribution is -2.20. The molecule has 0 amide bonds. The van der Waals surface area contributed by atoms with Crippen molar-refractivity contribution in [3.8, 4) is 22.5 Å². The van der Waals surface area contributed by atoms with Crippen LogP contribution in [0.5, 0.6) is 0 Å². The van der Waals surface area contributed by atoms with Crippen LogP contribution in [0.2, 0.25) is 0 Å². The molecule has 0 N–H and O–H groups in total. The highest BCUT2D eigenvalue weighted by Gasteiger charge is 2.37. The molecule has 2 nitrogen and oxygen atoms in total. The van der Waals surface area contributed by atoms with E-state index < -0.39 is 0 Å². The Hall–Kier alpha value is -5.46. The Kier molecular flexibility index (Phi) is 6.41. The van der Waals surface area contributed by atoms with Crippen molar-refractivity contribution in [3.05, 3.63) is 169 Å². The third-order valence-corrected chi connectivity index (χ3v) is 16.7. The second-order valence-corrected chi connectivity index (χ2v) is 19.5. The summed E-state index contributed by atoms with van der Waals surface area (Å²) in [5.41, 5.74) is 12.8. The fraction of sp³-hybridized carbons (Fsp3) is 0.0980. The van der Waals surface area contributed by atoms with E-state index in [9.17, 15) is 0 Å². The first kappa shape index (κ1) is 31.7. The molecule has 0 saturated carbocycles. The summed E-state index contributed by atoms with van der Waals surface area (Å²) in [6.07, 6.45) is 9.17. The number of aromatic nitrogens is 2. The number of hydrogen-bond acceptors (Lipinski definition) is 3. The third-order valence-electron chi connectivity index (χ3n) is 12.6. The number of thiophene rings is 1. The normalized spacial score (nSPS) is 18.0. The average Bonchev–Trinajstić information content (AvgIpc) is 3.93. The van der Waals surface area contributed by atoms with Crippen LogP contribution < -0.4 is 0 Å². The number of rotatable bonds is 2. The zero-order valence-corrected chi connectivity index (χ0v) is 33.2. The van der Waals surface area contributed by atoms with Gasteiger partial charge in [-0.05, 0) is 95.1 Å². The molecule has 4 heterocycles. The molecule has 10 aromatic rings. The van der Waals surface area contributed by atoms with Crippen molar-refractivity contribution in [3.63, 3.8) is 0 Å². The molecule has 2 atom stereocenters. The van der Waals surface area contributed by atoms with E-state index in [1.54, 1.807) is 0 Å². The van der Waals surface area contributed by atoms with E-state index in [0.717, 1.165) is 0 Å². The maximum absolute atomic E-state index is 2.56. The van der Waals surface area contributed by atoms with Gasteiger partial charge in [-0.25, -0.2) is 0 Å². The van der Waals surface area contributed by atoms with Crippen LogP contribution in [0.15, 0.2) is 168 Å². The minimum absolute atomic E-state index is 0.0903. The Bertz CT molecular complexity index is 3420. The van der Waals surface area contributed by atoms with E-state index in [2.05, 4.69) is 181 Å².